The van der Waals surface area contributed by atoms with Crippen LogP contribution in [0.5, 0.6) is 0 Å². The quantitative estimate of drug-likeness (QED) is 0.803. The van der Waals surface area contributed by atoms with Crippen LogP contribution < -0.4 is 10.6 Å². The van der Waals surface area contributed by atoms with Crippen molar-refractivity contribution in [3.05, 3.63) is 11.9 Å². The first-order chi connectivity index (χ1) is 10.3. The largest absolute Gasteiger partial charge is 0.370 e. The van der Waals surface area contributed by atoms with Gasteiger partial charge in [0.25, 0.3) is 0 Å². The van der Waals surface area contributed by atoms with Crippen LogP contribution in [0.3, 0.4) is 0 Å². The minimum Gasteiger partial charge on any atom is -0.370 e. The number of likely N-dealkylation sites (tertiary alicyclic amines) is 1. The number of hydrogen-bond acceptors (Lipinski definition) is 5. The highest BCUT2D eigenvalue weighted by molar-refractivity contribution is 5.77. The summed E-state index contributed by atoms with van der Waals surface area (Å²) in [5, 5.41) is 6.52. The Hall–Kier alpha value is -1.85. The van der Waals surface area contributed by atoms with Gasteiger partial charge in [-0.2, -0.15) is 0 Å². The van der Waals surface area contributed by atoms with E-state index in [2.05, 4.69) is 27.5 Å². The minimum atomic E-state index is 0.235. The smallest absolute Gasteiger partial charge is 0.224 e. The lowest BCUT2D eigenvalue weighted by Gasteiger charge is -2.16. The zero-order chi connectivity index (χ0) is 15.1. The molecule has 116 valence electrons. The van der Waals surface area contributed by atoms with Crippen molar-refractivity contribution in [3.63, 3.8) is 0 Å². The number of carbonyl (C=O) groups excluding carboxylic acids is 1. The highest BCUT2D eigenvalue weighted by Crippen LogP contribution is 2.20. The summed E-state index contributed by atoms with van der Waals surface area (Å²) in [6.45, 7) is 7.40. The molecule has 1 aromatic rings. The lowest BCUT2D eigenvalue weighted by Crippen LogP contribution is -2.29. The molecule has 0 atom stereocenters. The molecule has 0 aliphatic carbocycles. The van der Waals surface area contributed by atoms with Gasteiger partial charge in [-0.25, -0.2) is 9.97 Å². The molecule has 0 saturated carbocycles. The Bertz CT molecular complexity index is 471. The average molecular weight is 291 g/mol. The molecule has 1 aliphatic rings. The van der Waals surface area contributed by atoms with Crippen molar-refractivity contribution in [2.75, 3.05) is 36.8 Å². The minimum absolute atomic E-state index is 0.235. The van der Waals surface area contributed by atoms with Crippen LogP contribution in [0.15, 0.2) is 6.33 Å². The van der Waals surface area contributed by atoms with Crippen LogP contribution in [-0.4, -0.2) is 47.0 Å². The summed E-state index contributed by atoms with van der Waals surface area (Å²) in [5.74, 6) is 1.94. The van der Waals surface area contributed by atoms with E-state index in [-0.39, 0.29) is 5.91 Å². The summed E-state index contributed by atoms with van der Waals surface area (Å²) in [6, 6.07) is 0. The lowest BCUT2D eigenvalue weighted by molar-refractivity contribution is -0.129. The van der Waals surface area contributed by atoms with Gasteiger partial charge >= 0.3 is 0 Å². The van der Waals surface area contributed by atoms with E-state index in [1.807, 2.05) is 11.8 Å². The Balaban J connectivity index is 1.90. The van der Waals surface area contributed by atoms with E-state index in [0.29, 0.717) is 13.0 Å². The molecule has 1 aliphatic heterocycles. The van der Waals surface area contributed by atoms with E-state index in [1.165, 1.54) is 0 Å². The Labute approximate surface area is 126 Å². The summed E-state index contributed by atoms with van der Waals surface area (Å²) in [7, 11) is 0. The molecule has 1 fully saturated rings. The molecule has 2 rings (SSSR count). The molecule has 2 heterocycles. The summed E-state index contributed by atoms with van der Waals surface area (Å²) in [6.07, 6.45) is 5.20. The molecule has 0 unspecified atom stereocenters. The second-order valence-corrected chi connectivity index (χ2v) is 5.20. The molecule has 1 saturated heterocycles. The first-order valence-electron chi connectivity index (χ1n) is 7.85. The van der Waals surface area contributed by atoms with Crippen LogP contribution in [0.4, 0.5) is 11.6 Å². The summed E-state index contributed by atoms with van der Waals surface area (Å²) in [4.78, 5) is 22.5. The molecule has 0 bridgehead atoms. The molecule has 1 amide bonds. The Kier molecular flexibility index (Phi) is 5.78. The van der Waals surface area contributed by atoms with E-state index in [0.717, 1.165) is 56.1 Å². The molecule has 0 radical (unpaired) electrons. The van der Waals surface area contributed by atoms with E-state index in [1.54, 1.807) is 6.33 Å². The van der Waals surface area contributed by atoms with Gasteiger partial charge in [0.2, 0.25) is 5.91 Å². The van der Waals surface area contributed by atoms with Gasteiger partial charge < -0.3 is 15.5 Å². The van der Waals surface area contributed by atoms with Crippen LogP contribution in [0.25, 0.3) is 0 Å². The van der Waals surface area contributed by atoms with Crippen LogP contribution in [0, 0.1) is 0 Å². The third kappa shape index (κ3) is 4.06. The predicted octanol–water partition coefficient (Wildman–Crippen LogP) is 1.90. The van der Waals surface area contributed by atoms with Crippen molar-refractivity contribution in [3.8, 4) is 0 Å². The zero-order valence-electron chi connectivity index (χ0n) is 13.0. The van der Waals surface area contributed by atoms with E-state index < -0.39 is 0 Å². The second-order valence-electron chi connectivity index (χ2n) is 5.20. The molecule has 2 N–H and O–H groups in total. The molecule has 0 aromatic carbocycles. The molecule has 21 heavy (non-hydrogen) atoms. The molecule has 0 spiro atoms. The zero-order valence-corrected chi connectivity index (χ0v) is 13.0. The number of aromatic nitrogens is 2. The normalized spacial score (nSPS) is 14.3. The fourth-order valence-corrected chi connectivity index (χ4v) is 2.63. The number of rotatable bonds is 7. The van der Waals surface area contributed by atoms with Crippen LogP contribution >= 0.6 is 0 Å². The topological polar surface area (TPSA) is 70.1 Å². The maximum absolute atomic E-state index is 12.0. The SMILES string of the molecule is CCNc1ncnc(NCCC(=O)N2CCCC2)c1CC. The number of anilines is 2. The monoisotopic (exact) mass is 291 g/mol. The van der Waals surface area contributed by atoms with Crippen LogP contribution in [0.1, 0.15) is 38.7 Å². The summed E-state index contributed by atoms with van der Waals surface area (Å²) < 4.78 is 0. The highest BCUT2D eigenvalue weighted by atomic mass is 16.2. The molecule has 6 heteroatoms. The van der Waals surface area contributed by atoms with Gasteiger partial charge in [-0.3, -0.25) is 4.79 Å². The van der Waals surface area contributed by atoms with Gasteiger partial charge in [-0.05, 0) is 26.2 Å². The van der Waals surface area contributed by atoms with Crippen LogP contribution in [0.2, 0.25) is 0 Å². The van der Waals surface area contributed by atoms with Crippen molar-refractivity contribution >= 4 is 17.5 Å². The van der Waals surface area contributed by atoms with Crippen molar-refractivity contribution in [1.82, 2.24) is 14.9 Å². The number of hydrogen-bond donors (Lipinski definition) is 2. The Morgan fingerprint density at radius 1 is 1.19 bits per heavy atom. The van der Waals surface area contributed by atoms with Gasteiger partial charge in [0.15, 0.2) is 0 Å². The van der Waals surface area contributed by atoms with E-state index in [9.17, 15) is 4.79 Å². The van der Waals surface area contributed by atoms with Gasteiger partial charge in [-0.1, -0.05) is 6.92 Å². The number of nitrogens with zero attached hydrogens (tertiary/aromatic N) is 3. The Morgan fingerprint density at radius 2 is 1.86 bits per heavy atom. The summed E-state index contributed by atoms with van der Waals surface area (Å²) in [5.41, 5.74) is 1.08. The number of carbonyl (C=O) groups is 1. The van der Waals surface area contributed by atoms with Crippen molar-refractivity contribution < 1.29 is 4.79 Å². The van der Waals surface area contributed by atoms with Gasteiger partial charge in [0.05, 0.1) is 0 Å². The first kappa shape index (κ1) is 15.5. The number of amides is 1. The van der Waals surface area contributed by atoms with Gasteiger partial charge in [0.1, 0.15) is 18.0 Å². The predicted molar refractivity (Wildman–Crippen MR) is 84.5 cm³/mol. The van der Waals surface area contributed by atoms with Crippen molar-refractivity contribution in [2.45, 2.75) is 39.5 Å². The molecule has 1 aromatic heterocycles. The Morgan fingerprint density at radius 3 is 2.48 bits per heavy atom. The lowest BCUT2D eigenvalue weighted by atomic mass is 10.2. The first-order valence-corrected chi connectivity index (χ1v) is 7.85. The van der Waals surface area contributed by atoms with Gasteiger partial charge in [0, 0.05) is 38.2 Å². The van der Waals surface area contributed by atoms with Crippen molar-refractivity contribution in [2.24, 2.45) is 0 Å². The fourth-order valence-electron chi connectivity index (χ4n) is 2.63. The van der Waals surface area contributed by atoms with Crippen molar-refractivity contribution in [1.29, 1.82) is 0 Å². The molecule has 6 nitrogen and oxygen atoms in total. The highest BCUT2D eigenvalue weighted by Gasteiger charge is 2.17. The maximum Gasteiger partial charge on any atom is 0.224 e. The third-order valence-electron chi connectivity index (χ3n) is 3.73. The average Bonchev–Trinajstić information content (AvgIpc) is 3.02. The van der Waals surface area contributed by atoms with E-state index >= 15 is 0 Å². The molecular formula is C15H25N5O. The standard InChI is InChI=1S/C15H25N5O/c1-3-12-14(16-4-2)18-11-19-15(12)17-8-7-13(21)20-9-5-6-10-20/h11H,3-10H2,1-2H3,(H2,16,17,18,19). The second kappa shape index (κ2) is 7.81. The van der Waals surface area contributed by atoms with Crippen LogP contribution in [-0.2, 0) is 11.2 Å². The summed E-state index contributed by atoms with van der Waals surface area (Å²) >= 11 is 0. The third-order valence-corrected chi connectivity index (χ3v) is 3.73. The maximum atomic E-state index is 12.0. The van der Waals surface area contributed by atoms with Gasteiger partial charge in [-0.15, -0.1) is 0 Å². The number of nitrogens with one attached hydrogen (secondary N) is 2. The molecular weight excluding hydrogens is 266 g/mol. The van der Waals surface area contributed by atoms with E-state index in [4.69, 9.17) is 0 Å². The fraction of sp³-hybridized carbons (Fsp3) is 0.667.